The van der Waals surface area contributed by atoms with Crippen molar-refractivity contribution < 1.29 is 28.5 Å². The highest BCUT2D eigenvalue weighted by Gasteiger charge is 2.43. The van der Waals surface area contributed by atoms with Gasteiger partial charge in [0.25, 0.3) is 0 Å². The van der Waals surface area contributed by atoms with Crippen molar-refractivity contribution in [2.45, 2.75) is 44.9 Å². The largest absolute Gasteiger partial charge is 0.496 e. The lowest BCUT2D eigenvalue weighted by molar-refractivity contribution is -0.145. The highest BCUT2D eigenvalue weighted by molar-refractivity contribution is 9.10. The van der Waals surface area contributed by atoms with Gasteiger partial charge in [0.2, 0.25) is 5.88 Å². The molecule has 2 heterocycles. The summed E-state index contributed by atoms with van der Waals surface area (Å²) in [4.78, 5) is 30.6. The van der Waals surface area contributed by atoms with E-state index in [1.54, 1.807) is 34.1 Å². The van der Waals surface area contributed by atoms with Gasteiger partial charge in [0.1, 0.15) is 23.5 Å². The van der Waals surface area contributed by atoms with Gasteiger partial charge in [-0.05, 0) is 60.3 Å². The molecule has 0 saturated carbocycles. The number of amides is 1. The van der Waals surface area contributed by atoms with Crippen molar-refractivity contribution in [2.75, 3.05) is 20.8 Å². The first-order chi connectivity index (χ1) is 14.1. The molecule has 8 nitrogen and oxygen atoms in total. The minimum atomic E-state index is -0.781. The average Bonchev–Trinajstić information content (AvgIpc) is 3.10. The number of methoxy groups -OCH3 is 2. The molecule has 0 unspecified atom stereocenters. The Bertz CT molecular complexity index is 958. The van der Waals surface area contributed by atoms with Crippen molar-refractivity contribution in [3.05, 3.63) is 28.9 Å². The fourth-order valence-corrected chi connectivity index (χ4v) is 3.83. The van der Waals surface area contributed by atoms with Gasteiger partial charge in [-0.2, -0.15) is 0 Å². The number of pyridine rings is 1. The number of carbonyl (C=O) groups is 2. The van der Waals surface area contributed by atoms with Crippen LogP contribution in [0.2, 0.25) is 0 Å². The zero-order valence-electron chi connectivity index (χ0n) is 17.6. The number of halogens is 1. The van der Waals surface area contributed by atoms with Gasteiger partial charge in [0.05, 0.1) is 25.2 Å². The molecule has 1 aliphatic rings. The average molecular weight is 481 g/mol. The monoisotopic (exact) mass is 480 g/mol. The Kier molecular flexibility index (Phi) is 6.40. The Balaban J connectivity index is 1.86. The molecule has 0 N–H and O–H groups in total. The second-order valence-electron chi connectivity index (χ2n) is 7.97. The Morgan fingerprint density at radius 1 is 1.23 bits per heavy atom. The summed E-state index contributed by atoms with van der Waals surface area (Å²) in [5.41, 5.74) is -0.681. The maximum Gasteiger partial charge on any atom is 0.411 e. The molecule has 1 fully saturated rings. The molecule has 1 aromatic carbocycles. The van der Waals surface area contributed by atoms with E-state index in [9.17, 15) is 9.59 Å². The van der Waals surface area contributed by atoms with Crippen molar-refractivity contribution in [3.8, 4) is 11.6 Å². The van der Waals surface area contributed by atoms with E-state index in [0.717, 1.165) is 15.2 Å². The lowest BCUT2D eigenvalue weighted by Gasteiger charge is -2.27. The summed E-state index contributed by atoms with van der Waals surface area (Å²) in [5, 5.41) is 1.68. The molecule has 1 aliphatic heterocycles. The van der Waals surface area contributed by atoms with Gasteiger partial charge >= 0.3 is 12.1 Å². The number of hydrogen-bond donors (Lipinski definition) is 0. The minimum absolute atomic E-state index is 0.185. The van der Waals surface area contributed by atoms with E-state index >= 15 is 0 Å². The number of carbonyl (C=O) groups excluding carboxylic acids is 2. The molecule has 9 heteroatoms. The molecule has 1 aromatic heterocycles. The maximum absolute atomic E-state index is 12.6. The first-order valence-electron chi connectivity index (χ1n) is 9.49. The molecule has 30 heavy (non-hydrogen) atoms. The number of benzene rings is 1. The first-order valence-corrected chi connectivity index (χ1v) is 10.3. The highest BCUT2D eigenvalue weighted by atomic mass is 79.9. The molecule has 3 rings (SSSR count). The molecular weight excluding hydrogens is 456 g/mol. The quantitative estimate of drug-likeness (QED) is 0.612. The van der Waals surface area contributed by atoms with Crippen LogP contribution >= 0.6 is 15.9 Å². The topological polar surface area (TPSA) is 87.2 Å². The van der Waals surface area contributed by atoms with Crippen molar-refractivity contribution in [2.24, 2.45) is 0 Å². The third-order valence-corrected chi connectivity index (χ3v) is 5.26. The highest BCUT2D eigenvalue weighted by Crippen LogP contribution is 2.35. The van der Waals surface area contributed by atoms with E-state index in [4.69, 9.17) is 18.9 Å². The predicted octanol–water partition coefficient (Wildman–Crippen LogP) is 3.94. The fraction of sp³-hybridized carbons (Fsp3) is 0.476. The van der Waals surface area contributed by atoms with Gasteiger partial charge in [-0.15, -0.1) is 0 Å². The van der Waals surface area contributed by atoms with E-state index in [1.807, 2.05) is 18.2 Å². The molecule has 2 atom stereocenters. The van der Waals surface area contributed by atoms with Crippen LogP contribution < -0.4 is 9.47 Å². The van der Waals surface area contributed by atoms with E-state index in [0.29, 0.717) is 11.6 Å². The van der Waals surface area contributed by atoms with Gasteiger partial charge in [-0.25, -0.2) is 14.6 Å². The van der Waals surface area contributed by atoms with Crippen LogP contribution in [0.3, 0.4) is 0 Å². The molecule has 0 bridgehead atoms. The summed E-state index contributed by atoms with van der Waals surface area (Å²) < 4.78 is 22.6. The maximum atomic E-state index is 12.6. The number of nitrogens with zero attached hydrogens (tertiary/aromatic N) is 2. The summed E-state index contributed by atoms with van der Waals surface area (Å²) in [6.07, 6.45) is 0.896. The lowest BCUT2D eigenvalue weighted by atomic mass is 10.1. The zero-order valence-corrected chi connectivity index (χ0v) is 19.2. The molecule has 162 valence electrons. The van der Waals surface area contributed by atoms with Crippen LogP contribution in [0.1, 0.15) is 27.2 Å². The van der Waals surface area contributed by atoms with Crippen LogP contribution in [0.25, 0.3) is 10.8 Å². The number of ether oxygens (including phenoxy) is 4. The van der Waals surface area contributed by atoms with Gasteiger partial charge in [0.15, 0.2) is 0 Å². The van der Waals surface area contributed by atoms with Crippen LogP contribution in [0.4, 0.5) is 4.79 Å². The number of rotatable bonds is 4. The Hall–Kier alpha value is -2.55. The Labute approximate surface area is 183 Å². The summed E-state index contributed by atoms with van der Waals surface area (Å²) in [7, 11) is 2.89. The number of hydrogen-bond acceptors (Lipinski definition) is 7. The van der Waals surface area contributed by atoms with Crippen molar-refractivity contribution in [3.63, 3.8) is 0 Å². The molecule has 0 radical (unpaired) electrons. The van der Waals surface area contributed by atoms with Gasteiger partial charge < -0.3 is 18.9 Å². The van der Waals surface area contributed by atoms with E-state index in [1.165, 1.54) is 12.0 Å². The van der Waals surface area contributed by atoms with Crippen LogP contribution in [0, 0.1) is 0 Å². The van der Waals surface area contributed by atoms with Gasteiger partial charge in [-0.3, -0.25) is 4.90 Å². The summed E-state index contributed by atoms with van der Waals surface area (Å²) in [6.45, 7) is 5.50. The molecular formula is C21H25BrN2O6. The fourth-order valence-electron chi connectivity index (χ4n) is 3.32. The summed E-state index contributed by atoms with van der Waals surface area (Å²) in [6, 6.07) is 4.83. The molecule has 0 spiro atoms. The normalized spacial score (nSPS) is 18.9. The molecule has 1 amide bonds. The smallest absolute Gasteiger partial charge is 0.411 e. The SMILES string of the molecule is COC(=O)[C@@H]1C[C@@H](Oc2nccc3cc(OC)c(Br)cc23)CN1C(=O)OC(C)(C)C. The van der Waals surface area contributed by atoms with Crippen molar-refractivity contribution >= 4 is 38.8 Å². The molecule has 0 aliphatic carbocycles. The van der Waals surface area contributed by atoms with Crippen LogP contribution in [0.15, 0.2) is 28.9 Å². The third kappa shape index (κ3) is 4.77. The Morgan fingerprint density at radius 2 is 1.97 bits per heavy atom. The number of aromatic nitrogens is 1. The third-order valence-electron chi connectivity index (χ3n) is 4.64. The number of fused-ring (bicyclic) bond motifs is 1. The Morgan fingerprint density at radius 3 is 2.60 bits per heavy atom. The van der Waals surface area contributed by atoms with Crippen molar-refractivity contribution in [1.29, 1.82) is 0 Å². The van der Waals surface area contributed by atoms with Crippen molar-refractivity contribution in [1.82, 2.24) is 9.88 Å². The summed E-state index contributed by atoms with van der Waals surface area (Å²) >= 11 is 3.48. The lowest BCUT2D eigenvalue weighted by Crippen LogP contribution is -2.44. The zero-order chi connectivity index (χ0) is 22.1. The summed E-state index contributed by atoms with van der Waals surface area (Å²) in [5.74, 6) is 0.600. The number of likely N-dealkylation sites (tertiary alicyclic amines) is 1. The predicted molar refractivity (Wildman–Crippen MR) is 114 cm³/mol. The second kappa shape index (κ2) is 8.67. The second-order valence-corrected chi connectivity index (χ2v) is 8.83. The van der Waals surface area contributed by atoms with Crippen LogP contribution in [-0.4, -0.2) is 60.5 Å². The molecule has 2 aromatic rings. The van der Waals surface area contributed by atoms with Crippen LogP contribution in [0.5, 0.6) is 11.6 Å². The standard InChI is InChI=1S/C21H25BrN2O6/c1-21(2,3)30-20(26)24-11-13(9-16(24)19(25)28-5)29-18-14-10-15(22)17(27-4)8-12(14)6-7-23-18/h6-8,10,13,16H,9,11H2,1-5H3/t13-,16+/m1/s1. The van der Waals surface area contributed by atoms with Gasteiger partial charge in [-0.1, -0.05) is 0 Å². The first kappa shape index (κ1) is 22.1. The molecule has 1 saturated heterocycles. The van der Waals surface area contributed by atoms with Crippen LogP contribution in [-0.2, 0) is 14.3 Å². The number of esters is 1. The van der Waals surface area contributed by atoms with E-state index in [-0.39, 0.29) is 13.0 Å². The van der Waals surface area contributed by atoms with E-state index in [2.05, 4.69) is 20.9 Å². The van der Waals surface area contributed by atoms with E-state index < -0.39 is 29.8 Å². The minimum Gasteiger partial charge on any atom is -0.496 e. The van der Waals surface area contributed by atoms with Gasteiger partial charge in [0, 0.05) is 18.0 Å².